The fourth-order valence-electron chi connectivity index (χ4n) is 2.29. The summed E-state index contributed by atoms with van der Waals surface area (Å²) in [5.41, 5.74) is 1.79. The molecule has 6 nitrogen and oxygen atoms in total. The first-order valence-corrected chi connectivity index (χ1v) is 8.15. The Morgan fingerprint density at radius 3 is 1.42 bits per heavy atom. The van der Waals surface area contributed by atoms with Crippen LogP contribution in [0.4, 0.5) is 0 Å². The molecule has 0 amide bonds. The molecule has 0 N–H and O–H groups in total. The number of hydrogen-bond donors (Lipinski definition) is 0. The van der Waals surface area contributed by atoms with Crippen molar-refractivity contribution in [2.45, 2.75) is 0 Å². The molecule has 0 spiro atoms. The zero-order valence-corrected chi connectivity index (χ0v) is 15.6. The van der Waals surface area contributed by atoms with Crippen molar-refractivity contribution >= 4 is 12.4 Å². The molecule has 0 unspecified atom stereocenters. The molecular weight excluding hydrogens is 332 g/mol. The van der Waals surface area contributed by atoms with E-state index in [1.807, 2.05) is 36.4 Å². The van der Waals surface area contributed by atoms with Crippen LogP contribution in [-0.4, -0.2) is 54.0 Å². The van der Waals surface area contributed by atoms with Crippen LogP contribution in [0, 0.1) is 0 Å². The summed E-state index contributed by atoms with van der Waals surface area (Å²) in [6.45, 7) is 1.15. The van der Waals surface area contributed by atoms with Gasteiger partial charge >= 0.3 is 0 Å². The maximum Gasteiger partial charge on any atom is 0.131 e. The van der Waals surface area contributed by atoms with Gasteiger partial charge in [0, 0.05) is 35.7 Å². The Hall–Kier alpha value is -3.02. The zero-order valence-electron chi connectivity index (χ0n) is 15.6. The van der Waals surface area contributed by atoms with E-state index in [9.17, 15) is 0 Å². The van der Waals surface area contributed by atoms with Gasteiger partial charge in [0.05, 0.1) is 41.5 Å². The van der Waals surface area contributed by atoms with Gasteiger partial charge in [-0.15, -0.1) is 0 Å². The number of rotatable bonds is 9. The standard InChI is InChI=1S/C20H24N2O4/c1-23-17-7-5-15(19(11-17)25-3)13-21-9-10-22-14-16-6-8-18(24-2)12-20(16)26-4/h5-8,11-14H,9-10H2,1-4H3. The Balaban J connectivity index is 1.92. The minimum absolute atomic E-state index is 0.574. The van der Waals surface area contributed by atoms with Gasteiger partial charge in [-0.1, -0.05) is 0 Å². The molecule has 0 saturated carbocycles. The Morgan fingerprint density at radius 1 is 0.654 bits per heavy atom. The third-order valence-electron chi connectivity index (χ3n) is 3.70. The minimum atomic E-state index is 0.574. The van der Waals surface area contributed by atoms with E-state index in [1.54, 1.807) is 40.9 Å². The Morgan fingerprint density at radius 2 is 1.08 bits per heavy atom. The van der Waals surface area contributed by atoms with Crippen LogP contribution in [-0.2, 0) is 0 Å². The van der Waals surface area contributed by atoms with Crippen LogP contribution in [0.3, 0.4) is 0 Å². The number of aliphatic imine (C=N–C) groups is 2. The van der Waals surface area contributed by atoms with E-state index in [2.05, 4.69) is 9.98 Å². The number of benzene rings is 2. The van der Waals surface area contributed by atoms with E-state index in [-0.39, 0.29) is 0 Å². The second-order valence-electron chi connectivity index (χ2n) is 5.29. The Labute approximate surface area is 154 Å². The molecule has 0 bridgehead atoms. The third-order valence-corrected chi connectivity index (χ3v) is 3.70. The molecule has 0 atom stereocenters. The second kappa shape index (κ2) is 10.1. The van der Waals surface area contributed by atoms with Crippen LogP contribution in [0.5, 0.6) is 23.0 Å². The lowest BCUT2D eigenvalue weighted by molar-refractivity contribution is 0.393. The van der Waals surface area contributed by atoms with Crippen LogP contribution in [0.15, 0.2) is 46.4 Å². The molecule has 0 saturated heterocycles. The molecule has 138 valence electrons. The van der Waals surface area contributed by atoms with E-state index in [0.717, 1.165) is 34.1 Å². The van der Waals surface area contributed by atoms with Crippen LogP contribution < -0.4 is 18.9 Å². The van der Waals surface area contributed by atoms with Gasteiger partial charge in [0.2, 0.25) is 0 Å². The topological polar surface area (TPSA) is 61.6 Å². The smallest absolute Gasteiger partial charge is 0.131 e. The van der Waals surface area contributed by atoms with Crippen molar-refractivity contribution in [2.24, 2.45) is 9.98 Å². The SMILES string of the molecule is COc1ccc(C=NCCN=Cc2ccc(OC)cc2OC)c(OC)c1. The lowest BCUT2D eigenvalue weighted by Gasteiger charge is -2.07. The second-order valence-corrected chi connectivity index (χ2v) is 5.29. The molecule has 0 aliphatic rings. The van der Waals surface area contributed by atoms with Crippen molar-refractivity contribution in [3.63, 3.8) is 0 Å². The summed E-state index contributed by atoms with van der Waals surface area (Å²) in [6.07, 6.45) is 3.56. The highest BCUT2D eigenvalue weighted by Gasteiger charge is 2.03. The quantitative estimate of drug-likeness (QED) is 0.511. The van der Waals surface area contributed by atoms with Crippen molar-refractivity contribution in [2.75, 3.05) is 41.5 Å². The molecule has 0 radical (unpaired) electrons. The van der Waals surface area contributed by atoms with Crippen LogP contribution >= 0.6 is 0 Å². The normalized spacial score (nSPS) is 11.1. The van der Waals surface area contributed by atoms with Gasteiger partial charge in [-0.25, -0.2) is 0 Å². The lowest BCUT2D eigenvalue weighted by Crippen LogP contribution is -1.95. The highest BCUT2D eigenvalue weighted by molar-refractivity contribution is 5.84. The van der Waals surface area contributed by atoms with Gasteiger partial charge in [-0.3, -0.25) is 9.98 Å². The largest absolute Gasteiger partial charge is 0.497 e. The summed E-state index contributed by atoms with van der Waals surface area (Å²) in [5, 5.41) is 0. The molecule has 2 rings (SSSR count). The summed E-state index contributed by atoms with van der Waals surface area (Å²) in [7, 11) is 6.49. The van der Waals surface area contributed by atoms with Gasteiger partial charge < -0.3 is 18.9 Å². The first-order chi connectivity index (χ1) is 12.7. The monoisotopic (exact) mass is 356 g/mol. The fourth-order valence-corrected chi connectivity index (χ4v) is 2.29. The van der Waals surface area contributed by atoms with Crippen molar-refractivity contribution in [3.05, 3.63) is 47.5 Å². The van der Waals surface area contributed by atoms with Crippen molar-refractivity contribution in [1.29, 1.82) is 0 Å². The third kappa shape index (κ3) is 5.24. The van der Waals surface area contributed by atoms with Gasteiger partial charge in [-0.2, -0.15) is 0 Å². The zero-order chi connectivity index (χ0) is 18.8. The van der Waals surface area contributed by atoms with Gasteiger partial charge in [0.15, 0.2) is 0 Å². The fraction of sp³-hybridized carbons (Fsp3) is 0.300. The maximum atomic E-state index is 5.34. The summed E-state index contributed by atoms with van der Waals surface area (Å²) >= 11 is 0. The van der Waals surface area contributed by atoms with Crippen LogP contribution in [0.2, 0.25) is 0 Å². The van der Waals surface area contributed by atoms with E-state index in [1.165, 1.54) is 0 Å². The molecule has 26 heavy (non-hydrogen) atoms. The van der Waals surface area contributed by atoms with Crippen molar-refractivity contribution < 1.29 is 18.9 Å². The van der Waals surface area contributed by atoms with E-state index >= 15 is 0 Å². The Kier molecular flexibility index (Phi) is 7.49. The van der Waals surface area contributed by atoms with Crippen LogP contribution in [0.1, 0.15) is 11.1 Å². The Bertz CT molecular complexity index is 707. The van der Waals surface area contributed by atoms with Gasteiger partial charge in [-0.05, 0) is 24.3 Å². The number of hydrogen-bond acceptors (Lipinski definition) is 6. The number of methoxy groups -OCH3 is 4. The molecule has 0 aliphatic carbocycles. The number of ether oxygens (including phenoxy) is 4. The average molecular weight is 356 g/mol. The predicted molar refractivity (Wildman–Crippen MR) is 104 cm³/mol. The summed E-state index contributed by atoms with van der Waals surface area (Å²) < 4.78 is 21.1. The van der Waals surface area contributed by atoms with Crippen molar-refractivity contribution in [1.82, 2.24) is 0 Å². The first-order valence-electron chi connectivity index (χ1n) is 8.15. The predicted octanol–water partition coefficient (Wildman–Crippen LogP) is 3.26. The molecule has 0 aliphatic heterocycles. The summed E-state index contributed by atoms with van der Waals surface area (Å²) in [4.78, 5) is 8.79. The van der Waals surface area contributed by atoms with Crippen LogP contribution in [0.25, 0.3) is 0 Å². The first kappa shape index (κ1) is 19.3. The van der Waals surface area contributed by atoms with Crippen molar-refractivity contribution in [3.8, 4) is 23.0 Å². The summed E-state index contributed by atoms with van der Waals surface area (Å²) in [5.74, 6) is 2.94. The number of nitrogens with zero attached hydrogens (tertiary/aromatic N) is 2. The molecule has 0 heterocycles. The highest BCUT2D eigenvalue weighted by Crippen LogP contribution is 2.24. The van der Waals surface area contributed by atoms with E-state index in [4.69, 9.17) is 18.9 Å². The molecule has 0 fully saturated rings. The molecule has 2 aromatic carbocycles. The van der Waals surface area contributed by atoms with Gasteiger partial charge in [0.1, 0.15) is 23.0 Å². The maximum absolute atomic E-state index is 5.34. The highest BCUT2D eigenvalue weighted by atomic mass is 16.5. The minimum Gasteiger partial charge on any atom is -0.497 e. The molecule has 6 heteroatoms. The van der Waals surface area contributed by atoms with E-state index < -0.39 is 0 Å². The molecular formula is C20H24N2O4. The summed E-state index contributed by atoms with van der Waals surface area (Å²) in [6, 6.07) is 11.2. The molecule has 2 aromatic rings. The van der Waals surface area contributed by atoms with Gasteiger partial charge in [0.25, 0.3) is 0 Å². The van der Waals surface area contributed by atoms with E-state index in [0.29, 0.717) is 13.1 Å². The average Bonchev–Trinajstić information content (AvgIpc) is 2.70. The lowest BCUT2D eigenvalue weighted by atomic mass is 10.2. The molecule has 0 aromatic heterocycles.